The number of likely N-dealkylation sites (tertiary alicyclic amines) is 1. The van der Waals surface area contributed by atoms with Crippen LogP contribution in [0.1, 0.15) is 18.4 Å². The smallest absolute Gasteiger partial charge is 0.320 e. The normalized spacial score (nSPS) is 22.6. The highest BCUT2D eigenvalue weighted by atomic mass is 16.4. The van der Waals surface area contributed by atoms with E-state index in [0.717, 1.165) is 12.0 Å². The number of carboxylic acids is 1. The number of hydrogen-bond acceptors (Lipinski definition) is 4. The van der Waals surface area contributed by atoms with Gasteiger partial charge in [0.05, 0.1) is 6.10 Å². The summed E-state index contributed by atoms with van der Waals surface area (Å²) in [5, 5.41) is 19.3. The number of rotatable bonds is 6. The first-order valence-corrected chi connectivity index (χ1v) is 7.02. The average molecular weight is 278 g/mol. The van der Waals surface area contributed by atoms with E-state index in [1.165, 1.54) is 0 Å². The second-order valence-corrected chi connectivity index (χ2v) is 5.41. The Morgan fingerprint density at radius 2 is 2.10 bits per heavy atom. The van der Waals surface area contributed by atoms with Crippen LogP contribution in [0.5, 0.6) is 0 Å². The van der Waals surface area contributed by atoms with E-state index in [1.807, 2.05) is 35.2 Å². The van der Waals surface area contributed by atoms with Crippen molar-refractivity contribution in [2.24, 2.45) is 5.73 Å². The number of carbonyl (C=O) groups is 1. The van der Waals surface area contributed by atoms with E-state index >= 15 is 0 Å². The van der Waals surface area contributed by atoms with Crippen LogP contribution in [0.2, 0.25) is 0 Å². The van der Waals surface area contributed by atoms with Crippen molar-refractivity contribution >= 4 is 5.97 Å². The summed E-state index contributed by atoms with van der Waals surface area (Å²) in [7, 11) is 0. The van der Waals surface area contributed by atoms with Gasteiger partial charge in [-0.05, 0) is 31.4 Å². The van der Waals surface area contributed by atoms with E-state index in [4.69, 9.17) is 10.8 Å². The maximum atomic E-state index is 11.1. The zero-order valence-corrected chi connectivity index (χ0v) is 11.5. The van der Waals surface area contributed by atoms with Crippen LogP contribution in [0.15, 0.2) is 30.3 Å². The van der Waals surface area contributed by atoms with Crippen molar-refractivity contribution in [1.29, 1.82) is 0 Å². The van der Waals surface area contributed by atoms with Crippen LogP contribution in [0.3, 0.4) is 0 Å². The van der Waals surface area contributed by atoms with Crippen LogP contribution in [0.4, 0.5) is 0 Å². The highest BCUT2D eigenvalue weighted by Crippen LogP contribution is 2.18. The number of aliphatic carboxylic acids is 1. The molecule has 1 saturated heterocycles. The molecule has 5 heteroatoms. The van der Waals surface area contributed by atoms with E-state index < -0.39 is 18.1 Å². The Morgan fingerprint density at radius 3 is 2.75 bits per heavy atom. The molecule has 1 aromatic rings. The van der Waals surface area contributed by atoms with Crippen molar-refractivity contribution in [3.05, 3.63) is 35.9 Å². The molecule has 1 aliphatic rings. The molecule has 0 aliphatic carbocycles. The number of nitrogens with zero attached hydrogens (tertiary/aromatic N) is 1. The van der Waals surface area contributed by atoms with Crippen molar-refractivity contribution in [2.75, 3.05) is 13.1 Å². The predicted molar refractivity (Wildman–Crippen MR) is 76.4 cm³/mol. The van der Waals surface area contributed by atoms with Crippen molar-refractivity contribution < 1.29 is 15.0 Å². The molecule has 3 unspecified atom stereocenters. The van der Waals surface area contributed by atoms with Gasteiger partial charge in [-0.2, -0.15) is 0 Å². The fourth-order valence-corrected chi connectivity index (χ4v) is 2.72. The summed E-state index contributed by atoms with van der Waals surface area (Å²) in [5.41, 5.74) is 7.10. The van der Waals surface area contributed by atoms with Gasteiger partial charge in [-0.1, -0.05) is 30.3 Å². The predicted octanol–water partition coefficient (Wildman–Crippen LogP) is 0.466. The molecule has 0 saturated carbocycles. The van der Waals surface area contributed by atoms with E-state index in [-0.39, 0.29) is 6.04 Å². The molecule has 0 radical (unpaired) electrons. The number of aliphatic hydroxyl groups excluding tert-OH is 1. The van der Waals surface area contributed by atoms with Crippen molar-refractivity contribution in [2.45, 2.75) is 37.5 Å². The summed E-state index contributed by atoms with van der Waals surface area (Å²) in [4.78, 5) is 12.9. The number of nitrogens with two attached hydrogens (primary N) is 1. The number of carboxylic acid groups (broad SMARTS) is 1. The third kappa shape index (κ3) is 3.79. The van der Waals surface area contributed by atoms with Gasteiger partial charge in [-0.25, -0.2) is 0 Å². The van der Waals surface area contributed by atoms with E-state index in [2.05, 4.69) is 0 Å². The molecule has 4 N–H and O–H groups in total. The quantitative estimate of drug-likeness (QED) is 0.704. The molecule has 3 atom stereocenters. The molecule has 1 aliphatic heterocycles. The van der Waals surface area contributed by atoms with Gasteiger partial charge in [0.15, 0.2) is 0 Å². The average Bonchev–Trinajstić information content (AvgIpc) is 2.88. The van der Waals surface area contributed by atoms with Crippen LogP contribution in [0.25, 0.3) is 0 Å². The van der Waals surface area contributed by atoms with E-state index in [9.17, 15) is 9.90 Å². The molecular formula is C15H22N2O3. The van der Waals surface area contributed by atoms with Crippen LogP contribution in [-0.2, 0) is 11.2 Å². The first kappa shape index (κ1) is 15.0. The lowest BCUT2D eigenvalue weighted by atomic mass is 10.0. The molecule has 1 aromatic carbocycles. The van der Waals surface area contributed by atoms with Gasteiger partial charge in [-0.3, -0.25) is 9.69 Å². The summed E-state index contributed by atoms with van der Waals surface area (Å²) in [6, 6.07) is 8.91. The Kier molecular flexibility index (Phi) is 5.11. The monoisotopic (exact) mass is 278 g/mol. The van der Waals surface area contributed by atoms with Gasteiger partial charge in [-0.15, -0.1) is 0 Å². The second kappa shape index (κ2) is 6.83. The zero-order chi connectivity index (χ0) is 14.5. The lowest BCUT2D eigenvalue weighted by Crippen LogP contribution is -2.47. The molecule has 2 rings (SSSR count). The van der Waals surface area contributed by atoms with Gasteiger partial charge in [0.1, 0.15) is 6.04 Å². The van der Waals surface area contributed by atoms with Crippen molar-refractivity contribution in [3.63, 3.8) is 0 Å². The lowest BCUT2D eigenvalue weighted by Gasteiger charge is -2.27. The largest absolute Gasteiger partial charge is 0.480 e. The minimum absolute atomic E-state index is 0.324. The van der Waals surface area contributed by atoms with Gasteiger partial charge < -0.3 is 15.9 Å². The van der Waals surface area contributed by atoms with E-state index in [0.29, 0.717) is 25.9 Å². The highest BCUT2D eigenvalue weighted by Gasteiger charge is 2.32. The molecule has 20 heavy (non-hydrogen) atoms. The number of hydrogen-bond donors (Lipinski definition) is 3. The summed E-state index contributed by atoms with van der Waals surface area (Å²) in [6.45, 7) is 1.04. The van der Waals surface area contributed by atoms with Crippen molar-refractivity contribution in [1.82, 2.24) is 4.90 Å². The first-order chi connectivity index (χ1) is 9.58. The Bertz CT molecular complexity index is 438. The fraction of sp³-hybridized carbons (Fsp3) is 0.533. The Balaban J connectivity index is 1.87. The maximum absolute atomic E-state index is 11.1. The van der Waals surface area contributed by atoms with Crippen LogP contribution in [0, 0.1) is 0 Å². The number of aliphatic hydroxyl groups is 1. The summed E-state index contributed by atoms with van der Waals surface area (Å²) in [6.07, 6.45) is 1.39. The Morgan fingerprint density at radius 1 is 1.40 bits per heavy atom. The minimum Gasteiger partial charge on any atom is -0.480 e. The van der Waals surface area contributed by atoms with E-state index in [1.54, 1.807) is 0 Å². The maximum Gasteiger partial charge on any atom is 0.320 e. The molecular weight excluding hydrogens is 256 g/mol. The molecule has 0 spiro atoms. The van der Waals surface area contributed by atoms with Gasteiger partial charge in [0, 0.05) is 12.6 Å². The SMILES string of the molecule is NC(Cc1ccccc1)C(O)CN1CCCC1C(=O)O. The molecule has 5 nitrogen and oxygen atoms in total. The Labute approximate surface area is 119 Å². The summed E-state index contributed by atoms with van der Waals surface area (Å²) < 4.78 is 0. The third-order valence-electron chi connectivity index (χ3n) is 3.88. The standard InChI is InChI=1S/C15H22N2O3/c16-12(9-11-5-2-1-3-6-11)14(18)10-17-8-4-7-13(17)15(19)20/h1-3,5-6,12-14,18H,4,7-10,16H2,(H,19,20). The van der Waals surface area contributed by atoms with Gasteiger partial charge in [0.25, 0.3) is 0 Å². The number of benzene rings is 1. The molecule has 0 bridgehead atoms. The molecule has 1 fully saturated rings. The minimum atomic E-state index is -0.814. The summed E-state index contributed by atoms with van der Waals surface area (Å²) in [5.74, 6) is -0.814. The van der Waals surface area contributed by atoms with Crippen LogP contribution >= 0.6 is 0 Å². The zero-order valence-electron chi connectivity index (χ0n) is 11.5. The van der Waals surface area contributed by atoms with Gasteiger partial charge >= 0.3 is 5.97 Å². The molecule has 1 heterocycles. The highest BCUT2D eigenvalue weighted by molar-refractivity contribution is 5.73. The third-order valence-corrected chi connectivity index (χ3v) is 3.88. The van der Waals surface area contributed by atoms with Crippen LogP contribution in [-0.4, -0.2) is 52.4 Å². The van der Waals surface area contributed by atoms with Gasteiger partial charge in [0.2, 0.25) is 0 Å². The lowest BCUT2D eigenvalue weighted by molar-refractivity contribution is -0.142. The Hall–Kier alpha value is -1.43. The first-order valence-electron chi connectivity index (χ1n) is 7.02. The second-order valence-electron chi connectivity index (χ2n) is 5.41. The summed E-state index contributed by atoms with van der Waals surface area (Å²) >= 11 is 0. The van der Waals surface area contributed by atoms with Crippen molar-refractivity contribution in [3.8, 4) is 0 Å². The number of β-amino-alcohol motifs (C(OH)–C–C–N with tert-alkyl or cyclic N) is 1. The molecule has 0 amide bonds. The van der Waals surface area contributed by atoms with Crippen LogP contribution < -0.4 is 5.73 Å². The topological polar surface area (TPSA) is 86.8 Å². The molecule has 110 valence electrons. The fourth-order valence-electron chi connectivity index (χ4n) is 2.72. The molecule has 0 aromatic heterocycles.